The number of benzene rings is 2. The maximum absolute atomic E-state index is 12.8. The third kappa shape index (κ3) is 4.86. The molecule has 0 unspecified atom stereocenters. The molecule has 2 heterocycles. The monoisotopic (exact) mass is 496 g/mol. The van der Waals surface area contributed by atoms with Gasteiger partial charge in [-0.05, 0) is 51.1 Å². The largest absolute Gasteiger partial charge is 0.467 e. The Morgan fingerprint density at radius 2 is 1.73 bits per heavy atom. The maximum atomic E-state index is 12.8. The minimum absolute atomic E-state index is 0.0230. The third-order valence-corrected chi connectivity index (χ3v) is 8.07. The number of thiazole rings is 1. The minimum atomic E-state index is -4.60. The Kier molecular flexibility index (Phi) is 5.69. The first-order chi connectivity index (χ1) is 15.3. The van der Waals surface area contributed by atoms with Crippen LogP contribution in [0.1, 0.15) is 20.8 Å². The average Bonchev–Trinajstić information content (AvgIpc) is 3.12. The van der Waals surface area contributed by atoms with Gasteiger partial charge in [-0.3, -0.25) is 5.32 Å². The first kappa shape index (κ1) is 23.2. The van der Waals surface area contributed by atoms with E-state index in [1.54, 1.807) is 0 Å². The Hall–Kier alpha value is -2.99. The average molecular weight is 497 g/mol. The highest BCUT2D eigenvalue weighted by Gasteiger charge is 2.32. The fourth-order valence-electron chi connectivity index (χ4n) is 2.94. The van der Waals surface area contributed by atoms with Crippen LogP contribution in [-0.2, 0) is 9.84 Å². The second-order valence-electron chi connectivity index (χ2n) is 8.16. The Labute approximate surface area is 191 Å². The van der Waals surface area contributed by atoms with E-state index >= 15 is 0 Å². The Bertz CT molecular complexity index is 1410. The van der Waals surface area contributed by atoms with Crippen molar-refractivity contribution in [3.63, 3.8) is 0 Å². The number of rotatable bonds is 5. The van der Waals surface area contributed by atoms with Crippen LogP contribution in [0.4, 0.5) is 24.3 Å². The van der Waals surface area contributed by atoms with Crippen LogP contribution in [0, 0.1) is 0 Å². The molecule has 174 valence electrons. The van der Waals surface area contributed by atoms with E-state index in [9.17, 15) is 21.6 Å². The fourth-order valence-corrected chi connectivity index (χ4v) is 5.02. The number of fused-ring (bicyclic) bond motifs is 2. The fraction of sp³-hybridized carbons (Fsp3) is 0.286. The van der Waals surface area contributed by atoms with Crippen molar-refractivity contribution in [3.05, 3.63) is 42.5 Å². The number of sulfone groups is 1. The molecule has 33 heavy (non-hydrogen) atoms. The normalized spacial score (nSPS) is 12.9. The number of alkyl halides is 3. The molecule has 1 N–H and O–H groups in total. The van der Waals surface area contributed by atoms with Gasteiger partial charge >= 0.3 is 6.18 Å². The topological polar surface area (TPSA) is 94.1 Å². The molecule has 0 atom stereocenters. The number of aromatic nitrogens is 3. The smallest absolute Gasteiger partial charge is 0.422 e. The number of ether oxygens (including phenoxy) is 1. The summed E-state index contributed by atoms with van der Waals surface area (Å²) in [5, 5.41) is 3.40. The first-order valence-electron chi connectivity index (χ1n) is 9.72. The lowest BCUT2D eigenvalue weighted by atomic mass is 10.2. The molecule has 0 amide bonds. The van der Waals surface area contributed by atoms with Gasteiger partial charge in [0.05, 0.1) is 30.8 Å². The molecule has 4 aromatic rings. The van der Waals surface area contributed by atoms with Gasteiger partial charge in [0, 0.05) is 0 Å². The van der Waals surface area contributed by atoms with Gasteiger partial charge in [-0.1, -0.05) is 23.5 Å². The van der Waals surface area contributed by atoms with Gasteiger partial charge in [0.25, 0.3) is 0 Å². The first-order valence-corrected chi connectivity index (χ1v) is 12.0. The molecule has 0 aliphatic carbocycles. The molecular formula is C21H19F3N4O3S2. The van der Waals surface area contributed by atoms with E-state index in [1.807, 2.05) is 24.3 Å². The minimum Gasteiger partial charge on any atom is -0.467 e. The summed E-state index contributed by atoms with van der Waals surface area (Å²) >= 11 is 1.33. The van der Waals surface area contributed by atoms with Gasteiger partial charge in [0.1, 0.15) is 0 Å². The van der Waals surface area contributed by atoms with Crippen LogP contribution in [-0.4, -0.2) is 40.9 Å². The molecule has 0 radical (unpaired) electrons. The zero-order valence-electron chi connectivity index (χ0n) is 17.8. The van der Waals surface area contributed by atoms with E-state index in [2.05, 4.69) is 20.3 Å². The predicted octanol–water partition coefficient (Wildman–Crippen LogP) is 5.50. The van der Waals surface area contributed by atoms with Crippen molar-refractivity contribution in [2.45, 2.75) is 36.6 Å². The standard InChI is InChI=1S/C21H19F3N4O3S2/c1-20(2,3)33(29,30)12-8-9-14-13(10-12)17(31-11-21(22,23)24)27-18(25-14)28-19-26-15-6-4-5-7-16(15)32-19/h4-10H,11H2,1-3H3,(H,25,26,27,28). The van der Waals surface area contributed by atoms with Crippen molar-refractivity contribution in [1.82, 2.24) is 15.0 Å². The summed E-state index contributed by atoms with van der Waals surface area (Å²) in [6.45, 7) is 3.02. The van der Waals surface area contributed by atoms with Crippen molar-refractivity contribution in [2.24, 2.45) is 0 Å². The van der Waals surface area contributed by atoms with Crippen molar-refractivity contribution in [2.75, 3.05) is 11.9 Å². The van der Waals surface area contributed by atoms with Gasteiger partial charge in [-0.2, -0.15) is 18.2 Å². The lowest BCUT2D eigenvalue weighted by Gasteiger charge is -2.20. The van der Waals surface area contributed by atoms with Gasteiger partial charge in [-0.15, -0.1) is 0 Å². The van der Waals surface area contributed by atoms with E-state index in [0.717, 1.165) is 10.2 Å². The Morgan fingerprint density at radius 1 is 1.00 bits per heavy atom. The molecular weight excluding hydrogens is 477 g/mol. The highest BCUT2D eigenvalue weighted by molar-refractivity contribution is 7.92. The summed E-state index contributed by atoms with van der Waals surface area (Å²) in [5.41, 5.74) is 0.968. The molecule has 2 aromatic carbocycles. The number of para-hydroxylation sites is 1. The number of hydrogen-bond donors (Lipinski definition) is 1. The molecule has 0 spiro atoms. The van der Waals surface area contributed by atoms with Crippen molar-refractivity contribution >= 4 is 53.4 Å². The molecule has 4 rings (SSSR count). The highest BCUT2D eigenvalue weighted by atomic mass is 32.2. The van der Waals surface area contributed by atoms with Gasteiger partial charge in [0.2, 0.25) is 11.8 Å². The lowest BCUT2D eigenvalue weighted by molar-refractivity contribution is -0.153. The second kappa shape index (κ2) is 8.10. The van der Waals surface area contributed by atoms with Crippen molar-refractivity contribution in [3.8, 4) is 5.88 Å². The number of hydrogen-bond acceptors (Lipinski definition) is 8. The summed E-state index contributed by atoms with van der Waals surface area (Å²) in [5.74, 6) is -0.406. The van der Waals surface area contributed by atoms with Crippen LogP contribution in [0.25, 0.3) is 21.1 Å². The van der Waals surface area contributed by atoms with Crippen LogP contribution in [0.3, 0.4) is 0 Å². The summed E-state index contributed by atoms with van der Waals surface area (Å²) in [6, 6.07) is 11.4. The zero-order valence-corrected chi connectivity index (χ0v) is 19.4. The zero-order chi connectivity index (χ0) is 24.0. The van der Waals surface area contributed by atoms with Crippen LogP contribution in [0.5, 0.6) is 5.88 Å². The van der Waals surface area contributed by atoms with Gasteiger partial charge < -0.3 is 4.74 Å². The number of nitrogens with one attached hydrogen (secondary N) is 1. The van der Waals surface area contributed by atoms with E-state index < -0.39 is 27.4 Å². The molecule has 0 saturated heterocycles. The van der Waals surface area contributed by atoms with Gasteiger partial charge in [0.15, 0.2) is 21.6 Å². The second-order valence-corrected chi connectivity index (χ2v) is 11.9. The summed E-state index contributed by atoms with van der Waals surface area (Å²) < 4.78 is 69.0. The summed E-state index contributed by atoms with van der Waals surface area (Å²) in [6.07, 6.45) is -4.60. The van der Waals surface area contributed by atoms with Crippen LogP contribution in [0.2, 0.25) is 0 Å². The molecule has 7 nitrogen and oxygen atoms in total. The lowest BCUT2D eigenvalue weighted by Crippen LogP contribution is -2.27. The SMILES string of the molecule is CC(C)(C)S(=O)(=O)c1ccc2nc(Nc3nc4ccccc4s3)nc(OCC(F)(F)F)c2c1. The quantitative estimate of drug-likeness (QED) is 0.390. The Balaban J connectivity index is 1.79. The highest BCUT2D eigenvalue weighted by Crippen LogP contribution is 2.33. The molecule has 0 aliphatic rings. The van der Waals surface area contributed by atoms with E-state index in [0.29, 0.717) is 5.13 Å². The number of nitrogens with zero attached hydrogens (tertiary/aromatic N) is 3. The summed E-state index contributed by atoms with van der Waals surface area (Å²) in [4.78, 5) is 12.7. The Morgan fingerprint density at radius 3 is 2.39 bits per heavy atom. The van der Waals surface area contributed by atoms with Crippen molar-refractivity contribution < 1.29 is 26.3 Å². The van der Waals surface area contributed by atoms with Crippen LogP contribution < -0.4 is 10.1 Å². The molecule has 2 aromatic heterocycles. The van der Waals surface area contributed by atoms with Crippen LogP contribution in [0.15, 0.2) is 47.4 Å². The van der Waals surface area contributed by atoms with Crippen LogP contribution >= 0.6 is 11.3 Å². The molecule has 0 saturated carbocycles. The van der Waals surface area contributed by atoms with Crippen molar-refractivity contribution in [1.29, 1.82) is 0 Å². The molecule has 12 heteroatoms. The van der Waals surface area contributed by atoms with E-state index in [4.69, 9.17) is 4.74 Å². The molecule has 0 bridgehead atoms. The molecule has 0 aliphatic heterocycles. The predicted molar refractivity (Wildman–Crippen MR) is 121 cm³/mol. The molecule has 0 fully saturated rings. The van der Waals surface area contributed by atoms with Gasteiger partial charge in [-0.25, -0.2) is 18.4 Å². The number of halogens is 3. The third-order valence-electron chi connectivity index (χ3n) is 4.63. The van der Waals surface area contributed by atoms with E-state index in [1.165, 1.54) is 50.3 Å². The number of anilines is 2. The maximum Gasteiger partial charge on any atom is 0.422 e. The summed E-state index contributed by atoms with van der Waals surface area (Å²) in [7, 11) is -3.76. The van der Waals surface area contributed by atoms with E-state index in [-0.39, 0.29) is 27.6 Å².